The molecule has 7 heteroatoms. The fourth-order valence-corrected chi connectivity index (χ4v) is 1.74. The average molecular weight is 282 g/mol. The molecule has 0 radical (unpaired) electrons. The molecule has 0 saturated carbocycles. The highest BCUT2D eigenvalue weighted by Crippen LogP contribution is 2.12. The average Bonchev–Trinajstić information content (AvgIpc) is 2.82. The zero-order valence-electron chi connectivity index (χ0n) is 11.4. The number of primary amides is 1. The van der Waals surface area contributed by atoms with Crippen molar-refractivity contribution in [3.63, 3.8) is 0 Å². The van der Waals surface area contributed by atoms with E-state index in [1.165, 1.54) is 12.1 Å². The molecule has 0 bridgehead atoms. The smallest absolute Gasteiger partial charge is 0.308 e. The SMILES string of the molecule is CC(C)CC(CNC(=O)c1ccc(C(N)=O)o1)C(=O)O. The number of hydrogen-bond acceptors (Lipinski definition) is 4. The molecule has 0 saturated heterocycles. The molecular formula is C13H18N2O5. The summed E-state index contributed by atoms with van der Waals surface area (Å²) in [6, 6.07) is 2.60. The van der Waals surface area contributed by atoms with E-state index >= 15 is 0 Å². The first-order chi connectivity index (χ1) is 9.31. The van der Waals surface area contributed by atoms with Crippen LogP contribution >= 0.6 is 0 Å². The number of carboxylic acids is 1. The van der Waals surface area contributed by atoms with Crippen molar-refractivity contribution in [2.75, 3.05) is 6.54 Å². The second kappa shape index (κ2) is 6.74. The van der Waals surface area contributed by atoms with Crippen molar-refractivity contribution in [2.45, 2.75) is 20.3 Å². The number of hydrogen-bond donors (Lipinski definition) is 3. The third-order valence-corrected chi connectivity index (χ3v) is 2.69. The van der Waals surface area contributed by atoms with E-state index in [0.29, 0.717) is 6.42 Å². The van der Waals surface area contributed by atoms with Crippen molar-refractivity contribution in [3.05, 3.63) is 23.7 Å². The Morgan fingerprint density at radius 1 is 1.30 bits per heavy atom. The topological polar surface area (TPSA) is 123 Å². The molecule has 2 amide bonds. The third kappa shape index (κ3) is 4.42. The number of aliphatic carboxylic acids is 1. The van der Waals surface area contributed by atoms with E-state index in [2.05, 4.69) is 5.32 Å². The van der Waals surface area contributed by atoms with Gasteiger partial charge in [-0.15, -0.1) is 0 Å². The Morgan fingerprint density at radius 2 is 1.90 bits per heavy atom. The molecule has 1 atom stereocenters. The van der Waals surface area contributed by atoms with E-state index < -0.39 is 23.7 Å². The quantitative estimate of drug-likeness (QED) is 0.684. The lowest BCUT2D eigenvalue weighted by atomic mass is 9.97. The van der Waals surface area contributed by atoms with Gasteiger partial charge in [0.25, 0.3) is 11.8 Å². The van der Waals surface area contributed by atoms with Crippen LogP contribution in [0.5, 0.6) is 0 Å². The monoisotopic (exact) mass is 282 g/mol. The van der Waals surface area contributed by atoms with Crippen molar-refractivity contribution in [1.29, 1.82) is 0 Å². The van der Waals surface area contributed by atoms with Crippen molar-refractivity contribution in [3.8, 4) is 0 Å². The van der Waals surface area contributed by atoms with Gasteiger partial charge in [-0.25, -0.2) is 0 Å². The zero-order chi connectivity index (χ0) is 15.3. The number of carboxylic acid groups (broad SMARTS) is 1. The predicted molar refractivity (Wildman–Crippen MR) is 70.1 cm³/mol. The fourth-order valence-electron chi connectivity index (χ4n) is 1.74. The first kappa shape index (κ1) is 15.7. The first-order valence-corrected chi connectivity index (χ1v) is 6.22. The van der Waals surface area contributed by atoms with E-state index in [4.69, 9.17) is 15.3 Å². The van der Waals surface area contributed by atoms with E-state index in [1.54, 1.807) is 0 Å². The molecule has 0 aromatic carbocycles. The minimum absolute atomic E-state index is 0.00104. The maximum atomic E-state index is 11.7. The van der Waals surface area contributed by atoms with Gasteiger partial charge in [0.05, 0.1) is 5.92 Å². The molecule has 0 aliphatic carbocycles. The van der Waals surface area contributed by atoms with Gasteiger partial charge in [0.1, 0.15) is 0 Å². The summed E-state index contributed by atoms with van der Waals surface area (Å²) in [5.41, 5.74) is 5.00. The largest absolute Gasteiger partial charge is 0.481 e. The van der Waals surface area contributed by atoms with Gasteiger partial charge in [-0.2, -0.15) is 0 Å². The molecule has 1 unspecified atom stereocenters. The zero-order valence-corrected chi connectivity index (χ0v) is 11.4. The molecule has 7 nitrogen and oxygen atoms in total. The van der Waals surface area contributed by atoms with Crippen LogP contribution in [0.25, 0.3) is 0 Å². The summed E-state index contributed by atoms with van der Waals surface area (Å²) in [6.45, 7) is 3.81. The van der Waals surface area contributed by atoms with Gasteiger partial charge in [-0.3, -0.25) is 14.4 Å². The van der Waals surface area contributed by atoms with Gasteiger partial charge >= 0.3 is 5.97 Å². The van der Waals surface area contributed by atoms with Gasteiger partial charge in [-0.05, 0) is 24.5 Å². The number of nitrogens with one attached hydrogen (secondary N) is 1. The second-order valence-corrected chi connectivity index (χ2v) is 4.90. The number of amides is 2. The van der Waals surface area contributed by atoms with Crippen molar-refractivity contribution < 1.29 is 23.9 Å². The van der Waals surface area contributed by atoms with Crippen LogP contribution in [-0.4, -0.2) is 29.4 Å². The molecule has 0 aliphatic heterocycles. The van der Waals surface area contributed by atoms with Crippen molar-refractivity contribution in [1.82, 2.24) is 5.32 Å². The lowest BCUT2D eigenvalue weighted by molar-refractivity contribution is -0.142. The first-order valence-electron chi connectivity index (χ1n) is 6.22. The van der Waals surface area contributed by atoms with Crippen LogP contribution in [0.4, 0.5) is 0 Å². The molecule has 0 fully saturated rings. The Labute approximate surface area is 116 Å². The molecule has 4 N–H and O–H groups in total. The highest BCUT2D eigenvalue weighted by molar-refractivity contribution is 5.95. The molecule has 1 aromatic rings. The van der Waals surface area contributed by atoms with Crippen molar-refractivity contribution in [2.24, 2.45) is 17.6 Å². The molecule has 0 aliphatic rings. The van der Waals surface area contributed by atoms with Gasteiger partial charge in [0.15, 0.2) is 11.5 Å². The second-order valence-electron chi connectivity index (χ2n) is 4.90. The Morgan fingerprint density at radius 3 is 2.35 bits per heavy atom. The molecule has 1 aromatic heterocycles. The fraction of sp³-hybridized carbons (Fsp3) is 0.462. The van der Waals surface area contributed by atoms with E-state index in [-0.39, 0.29) is 24.0 Å². The van der Waals surface area contributed by atoms with E-state index in [1.807, 2.05) is 13.8 Å². The normalized spacial score (nSPS) is 12.2. The number of carbonyl (C=O) groups is 3. The maximum absolute atomic E-state index is 11.7. The van der Waals surface area contributed by atoms with Gasteiger partial charge in [0.2, 0.25) is 0 Å². The van der Waals surface area contributed by atoms with Gasteiger partial charge in [0, 0.05) is 6.54 Å². The number of carbonyl (C=O) groups excluding carboxylic acids is 2. The van der Waals surface area contributed by atoms with Crippen LogP contribution in [0.1, 0.15) is 41.4 Å². The van der Waals surface area contributed by atoms with Crippen molar-refractivity contribution >= 4 is 17.8 Å². The molecule has 1 heterocycles. The van der Waals surface area contributed by atoms with Crippen LogP contribution in [0.3, 0.4) is 0 Å². The summed E-state index contributed by atoms with van der Waals surface area (Å²) in [7, 11) is 0. The van der Waals surface area contributed by atoms with Crippen LogP contribution in [-0.2, 0) is 4.79 Å². The number of furan rings is 1. The third-order valence-electron chi connectivity index (χ3n) is 2.69. The Balaban J connectivity index is 2.60. The number of nitrogens with two attached hydrogens (primary N) is 1. The maximum Gasteiger partial charge on any atom is 0.308 e. The molecule has 0 spiro atoms. The highest BCUT2D eigenvalue weighted by Gasteiger charge is 2.21. The number of rotatable bonds is 7. The van der Waals surface area contributed by atoms with E-state index in [0.717, 1.165) is 0 Å². The lowest BCUT2D eigenvalue weighted by Gasteiger charge is -2.14. The van der Waals surface area contributed by atoms with Crippen LogP contribution in [0.15, 0.2) is 16.5 Å². The van der Waals surface area contributed by atoms with Crippen LogP contribution in [0.2, 0.25) is 0 Å². The van der Waals surface area contributed by atoms with Gasteiger partial charge in [-0.1, -0.05) is 13.8 Å². The Hall–Kier alpha value is -2.31. The van der Waals surface area contributed by atoms with Crippen LogP contribution < -0.4 is 11.1 Å². The predicted octanol–water partition coefficient (Wildman–Crippen LogP) is 0.855. The summed E-state index contributed by atoms with van der Waals surface area (Å²) in [4.78, 5) is 33.6. The molecule has 1 rings (SSSR count). The summed E-state index contributed by atoms with van der Waals surface area (Å²) >= 11 is 0. The Bertz CT molecular complexity index is 507. The minimum atomic E-state index is -0.962. The van der Waals surface area contributed by atoms with E-state index in [9.17, 15) is 14.4 Å². The molecular weight excluding hydrogens is 264 g/mol. The van der Waals surface area contributed by atoms with Crippen LogP contribution in [0, 0.1) is 11.8 Å². The Kier molecular flexibility index (Phi) is 5.31. The lowest BCUT2D eigenvalue weighted by Crippen LogP contribution is -2.33. The standard InChI is InChI=1S/C13H18N2O5/c1-7(2)5-8(13(18)19)6-15-12(17)10-4-3-9(20-10)11(14)16/h3-4,7-8H,5-6H2,1-2H3,(H2,14,16)(H,15,17)(H,18,19). The summed E-state index contributed by atoms with van der Waals surface area (Å²) in [6.07, 6.45) is 0.459. The molecule has 110 valence electrons. The van der Waals surface area contributed by atoms with Gasteiger partial charge < -0.3 is 20.6 Å². The minimum Gasteiger partial charge on any atom is -0.481 e. The summed E-state index contributed by atoms with van der Waals surface area (Å²) < 4.78 is 4.95. The summed E-state index contributed by atoms with van der Waals surface area (Å²) in [5.74, 6) is -2.96. The molecule has 20 heavy (non-hydrogen) atoms. The summed E-state index contributed by atoms with van der Waals surface area (Å²) in [5, 5.41) is 11.5. The highest BCUT2D eigenvalue weighted by atomic mass is 16.4.